The van der Waals surface area contributed by atoms with Crippen molar-refractivity contribution in [2.24, 2.45) is 0 Å². The molecule has 0 amide bonds. The van der Waals surface area contributed by atoms with Gasteiger partial charge in [0.2, 0.25) is 0 Å². The Hall–Kier alpha value is -1.66. The van der Waals surface area contributed by atoms with Gasteiger partial charge in [0.15, 0.2) is 6.17 Å². The fraction of sp³-hybridized carbons (Fsp3) is 0.769. The van der Waals surface area contributed by atoms with E-state index in [1.165, 1.54) is 7.11 Å². The van der Waals surface area contributed by atoms with Crippen LogP contribution in [0.1, 0.15) is 44.9 Å². The maximum absolute atomic E-state index is 13.9. The van der Waals surface area contributed by atoms with Crippen LogP contribution in [-0.2, 0) is 23.9 Å². The van der Waals surface area contributed by atoms with Crippen LogP contribution < -0.4 is 5.11 Å². The molecule has 0 spiro atoms. The van der Waals surface area contributed by atoms with E-state index in [9.17, 15) is 23.9 Å². The number of aliphatic carboxylic acids is 1. The Kier molecular flexibility index (Phi) is 5.91. The minimum absolute atomic E-state index is 0.145. The molecule has 1 saturated carbocycles. The van der Waals surface area contributed by atoms with Crippen molar-refractivity contribution in [3.05, 3.63) is 0 Å². The van der Waals surface area contributed by atoms with Gasteiger partial charge < -0.3 is 19.4 Å². The summed E-state index contributed by atoms with van der Waals surface area (Å²) in [5, 5.41) is 10.7. The van der Waals surface area contributed by atoms with Gasteiger partial charge in [-0.2, -0.15) is 0 Å². The van der Waals surface area contributed by atoms with Crippen LogP contribution >= 0.6 is 0 Å². The zero-order valence-corrected chi connectivity index (χ0v) is 11.4. The molecule has 114 valence electrons. The van der Waals surface area contributed by atoms with Gasteiger partial charge in [0.1, 0.15) is 5.60 Å². The largest absolute Gasteiger partial charge is 0.547 e. The quantitative estimate of drug-likeness (QED) is 0.652. The van der Waals surface area contributed by atoms with Gasteiger partial charge in [-0.1, -0.05) is 6.42 Å². The number of carboxylic acids is 1. The predicted molar refractivity (Wildman–Crippen MR) is 63.1 cm³/mol. The molecule has 6 nitrogen and oxygen atoms in total. The third-order valence-electron chi connectivity index (χ3n) is 3.45. The lowest BCUT2D eigenvalue weighted by Crippen LogP contribution is -2.53. The van der Waals surface area contributed by atoms with Gasteiger partial charge in [0.05, 0.1) is 25.9 Å². The molecule has 0 aliphatic heterocycles. The SMILES string of the molecule is COC(=O)CCC(=O)OC1(C(F)C(=O)[O-])CCCCC1. The van der Waals surface area contributed by atoms with Crippen molar-refractivity contribution in [1.29, 1.82) is 0 Å². The summed E-state index contributed by atoms with van der Waals surface area (Å²) in [5.41, 5.74) is -1.66. The number of carbonyl (C=O) groups is 3. The zero-order valence-electron chi connectivity index (χ0n) is 11.4. The average Bonchev–Trinajstić information content (AvgIpc) is 2.44. The number of hydrogen-bond acceptors (Lipinski definition) is 6. The summed E-state index contributed by atoms with van der Waals surface area (Å²) in [5.74, 6) is -3.27. The van der Waals surface area contributed by atoms with Crippen molar-refractivity contribution >= 4 is 17.9 Å². The van der Waals surface area contributed by atoms with E-state index >= 15 is 0 Å². The van der Waals surface area contributed by atoms with E-state index in [-0.39, 0.29) is 25.7 Å². The van der Waals surface area contributed by atoms with Crippen LogP contribution in [0, 0.1) is 0 Å². The topological polar surface area (TPSA) is 92.7 Å². The van der Waals surface area contributed by atoms with Crippen LogP contribution in [-0.4, -0.2) is 36.8 Å². The van der Waals surface area contributed by atoms with Crippen LogP contribution in [0.4, 0.5) is 4.39 Å². The van der Waals surface area contributed by atoms with Crippen LogP contribution in [0.15, 0.2) is 0 Å². The summed E-state index contributed by atoms with van der Waals surface area (Å²) in [4.78, 5) is 33.3. The lowest BCUT2D eigenvalue weighted by atomic mass is 9.81. The first-order chi connectivity index (χ1) is 9.41. The molecule has 0 aromatic rings. The van der Waals surface area contributed by atoms with Crippen molar-refractivity contribution in [3.8, 4) is 0 Å². The number of methoxy groups -OCH3 is 1. The maximum Gasteiger partial charge on any atom is 0.307 e. The van der Waals surface area contributed by atoms with Crippen molar-refractivity contribution in [2.75, 3.05) is 7.11 Å². The highest BCUT2D eigenvalue weighted by molar-refractivity contribution is 5.78. The third kappa shape index (κ3) is 4.18. The fourth-order valence-corrected chi connectivity index (χ4v) is 2.36. The summed E-state index contributed by atoms with van der Waals surface area (Å²) in [6, 6.07) is 0. The first-order valence-corrected chi connectivity index (χ1v) is 6.55. The molecular formula is C13H18FO6-. The van der Waals surface area contributed by atoms with Gasteiger partial charge in [-0.25, -0.2) is 4.39 Å². The molecule has 0 bridgehead atoms. The molecule has 0 saturated heterocycles. The Morgan fingerprint density at radius 3 is 2.20 bits per heavy atom. The lowest BCUT2D eigenvalue weighted by Gasteiger charge is -2.39. The van der Waals surface area contributed by atoms with E-state index in [4.69, 9.17) is 4.74 Å². The van der Waals surface area contributed by atoms with Crippen LogP contribution in [0.3, 0.4) is 0 Å². The number of alkyl halides is 1. The van der Waals surface area contributed by atoms with E-state index in [1.54, 1.807) is 0 Å². The molecule has 1 atom stereocenters. The molecule has 20 heavy (non-hydrogen) atoms. The summed E-state index contributed by atoms with van der Waals surface area (Å²) in [7, 11) is 1.18. The van der Waals surface area contributed by atoms with Crippen LogP contribution in [0.25, 0.3) is 0 Å². The second-order valence-corrected chi connectivity index (χ2v) is 4.86. The Labute approximate surface area is 116 Å². The van der Waals surface area contributed by atoms with E-state index in [0.29, 0.717) is 12.8 Å². The zero-order chi connectivity index (χ0) is 15.2. The predicted octanol–water partition coefficient (Wildman–Crippen LogP) is 0.274. The highest BCUT2D eigenvalue weighted by Gasteiger charge is 2.44. The molecular weight excluding hydrogens is 271 g/mol. The average molecular weight is 289 g/mol. The van der Waals surface area contributed by atoms with E-state index < -0.39 is 29.7 Å². The Bertz CT molecular complexity index is 375. The molecule has 0 aromatic heterocycles. The second-order valence-electron chi connectivity index (χ2n) is 4.86. The number of carboxylic acid groups (broad SMARTS) is 1. The van der Waals surface area contributed by atoms with Gasteiger partial charge >= 0.3 is 11.9 Å². The summed E-state index contributed by atoms with van der Waals surface area (Å²) in [6.07, 6.45) is -0.526. The minimum Gasteiger partial charge on any atom is -0.547 e. The molecule has 1 unspecified atom stereocenters. The molecule has 0 N–H and O–H groups in total. The van der Waals surface area contributed by atoms with Crippen LogP contribution in [0.2, 0.25) is 0 Å². The highest BCUT2D eigenvalue weighted by Crippen LogP contribution is 2.36. The molecule has 0 radical (unpaired) electrons. The number of ether oxygens (including phenoxy) is 2. The molecule has 1 fully saturated rings. The first kappa shape index (κ1) is 16.4. The Balaban J connectivity index is 2.67. The van der Waals surface area contributed by atoms with Crippen molar-refractivity contribution in [1.82, 2.24) is 0 Å². The standard InChI is InChI=1S/C13H19FO6/c1-19-9(15)5-6-10(16)20-13(11(14)12(17)18)7-3-2-4-8-13/h11H,2-8H2,1H3,(H,17,18)/p-1. The Morgan fingerprint density at radius 2 is 1.70 bits per heavy atom. The summed E-state index contributed by atoms with van der Waals surface area (Å²) >= 11 is 0. The lowest BCUT2D eigenvalue weighted by molar-refractivity contribution is -0.318. The van der Waals surface area contributed by atoms with Crippen molar-refractivity contribution in [3.63, 3.8) is 0 Å². The molecule has 1 aliphatic carbocycles. The smallest absolute Gasteiger partial charge is 0.307 e. The van der Waals surface area contributed by atoms with Gasteiger partial charge in [0.25, 0.3) is 0 Å². The number of rotatable bonds is 6. The van der Waals surface area contributed by atoms with E-state index in [0.717, 1.165) is 6.42 Å². The molecule has 0 heterocycles. The van der Waals surface area contributed by atoms with Crippen molar-refractivity contribution in [2.45, 2.75) is 56.7 Å². The van der Waals surface area contributed by atoms with Gasteiger partial charge in [-0.3, -0.25) is 9.59 Å². The molecule has 1 rings (SSSR count). The van der Waals surface area contributed by atoms with Gasteiger partial charge in [-0.05, 0) is 25.7 Å². The van der Waals surface area contributed by atoms with E-state index in [1.807, 2.05) is 0 Å². The monoisotopic (exact) mass is 289 g/mol. The highest BCUT2D eigenvalue weighted by atomic mass is 19.1. The fourth-order valence-electron chi connectivity index (χ4n) is 2.36. The van der Waals surface area contributed by atoms with Gasteiger partial charge in [0, 0.05) is 0 Å². The normalized spacial score (nSPS) is 18.9. The number of esters is 2. The molecule has 1 aliphatic rings. The van der Waals surface area contributed by atoms with Crippen molar-refractivity contribution < 1.29 is 33.4 Å². The third-order valence-corrected chi connectivity index (χ3v) is 3.45. The minimum atomic E-state index is -2.36. The maximum atomic E-state index is 13.9. The Morgan fingerprint density at radius 1 is 1.15 bits per heavy atom. The number of halogens is 1. The van der Waals surface area contributed by atoms with Crippen LogP contribution in [0.5, 0.6) is 0 Å². The summed E-state index contributed by atoms with van der Waals surface area (Å²) < 4.78 is 23.3. The number of hydrogen-bond donors (Lipinski definition) is 0. The number of carbonyl (C=O) groups excluding carboxylic acids is 3. The second kappa shape index (κ2) is 7.21. The summed E-state index contributed by atoms with van der Waals surface area (Å²) in [6.45, 7) is 0. The molecule has 7 heteroatoms. The first-order valence-electron chi connectivity index (χ1n) is 6.55. The molecule has 0 aromatic carbocycles. The van der Waals surface area contributed by atoms with E-state index in [2.05, 4.69) is 4.74 Å². The van der Waals surface area contributed by atoms with Gasteiger partial charge in [-0.15, -0.1) is 0 Å².